The average Bonchev–Trinajstić information content (AvgIpc) is 3.27. The molecule has 1 aliphatic rings. The van der Waals surface area contributed by atoms with E-state index in [-0.39, 0.29) is 12.3 Å². The number of carboxylic acids is 1. The van der Waals surface area contributed by atoms with Crippen LogP contribution in [0, 0.1) is 5.92 Å². The van der Waals surface area contributed by atoms with Crippen LogP contribution in [0.25, 0.3) is 0 Å². The summed E-state index contributed by atoms with van der Waals surface area (Å²) in [7, 11) is 0. The third kappa shape index (κ3) is 7.94. The standard InChI is InChI=1S/C23H32Cl2N2O5/c24-11-9-16(10-12-25)3-2-14-32-23(31)18-7-5-17(6-8-18)15-19(26)21(28)27-13-1-4-20(27)22(29)30/h5-8,16,19-20H,1-4,9-15,26H2,(H,29,30)/t19-,20-/m0/s1. The molecule has 0 radical (unpaired) electrons. The molecule has 1 aromatic rings. The number of carbonyl (C=O) groups excluding carboxylic acids is 2. The van der Waals surface area contributed by atoms with Gasteiger partial charge in [-0.3, -0.25) is 4.79 Å². The van der Waals surface area contributed by atoms with Crippen molar-refractivity contribution in [2.45, 2.75) is 57.0 Å². The van der Waals surface area contributed by atoms with Gasteiger partial charge in [-0.25, -0.2) is 9.59 Å². The molecule has 1 aromatic carbocycles. The van der Waals surface area contributed by atoms with Crippen LogP contribution < -0.4 is 5.73 Å². The van der Waals surface area contributed by atoms with Crippen LogP contribution in [0.1, 0.15) is 54.4 Å². The third-order valence-corrected chi connectivity index (χ3v) is 6.24. The van der Waals surface area contributed by atoms with E-state index in [0.717, 1.165) is 31.2 Å². The van der Waals surface area contributed by atoms with Gasteiger partial charge in [0.1, 0.15) is 6.04 Å². The van der Waals surface area contributed by atoms with Crippen molar-refractivity contribution in [3.05, 3.63) is 35.4 Å². The molecule has 32 heavy (non-hydrogen) atoms. The SMILES string of the molecule is N[C@@H](Cc1ccc(C(=O)OCCCC(CCCl)CCCl)cc1)C(=O)N1CCC[C@H]1C(=O)O. The van der Waals surface area contributed by atoms with Gasteiger partial charge < -0.3 is 20.5 Å². The molecule has 178 valence electrons. The van der Waals surface area contributed by atoms with E-state index in [9.17, 15) is 19.5 Å². The van der Waals surface area contributed by atoms with Crippen molar-refractivity contribution in [1.29, 1.82) is 0 Å². The van der Waals surface area contributed by atoms with Gasteiger partial charge in [-0.15, -0.1) is 23.2 Å². The molecule has 0 unspecified atom stereocenters. The van der Waals surface area contributed by atoms with Crippen molar-refractivity contribution in [2.24, 2.45) is 11.7 Å². The number of rotatable bonds is 13. The Morgan fingerprint density at radius 1 is 1.12 bits per heavy atom. The van der Waals surface area contributed by atoms with Gasteiger partial charge in [0.15, 0.2) is 0 Å². The van der Waals surface area contributed by atoms with Gasteiger partial charge in [0.25, 0.3) is 0 Å². The van der Waals surface area contributed by atoms with Crippen LogP contribution in [0.2, 0.25) is 0 Å². The maximum Gasteiger partial charge on any atom is 0.338 e. The van der Waals surface area contributed by atoms with E-state index in [1.54, 1.807) is 24.3 Å². The van der Waals surface area contributed by atoms with Crippen LogP contribution in [0.15, 0.2) is 24.3 Å². The minimum atomic E-state index is -1.00. The largest absolute Gasteiger partial charge is 0.480 e. The van der Waals surface area contributed by atoms with E-state index in [1.807, 2.05) is 0 Å². The molecule has 1 aliphatic heterocycles. The number of ether oxygens (including phenoxy) is 1. The fourth-order valence-electron chi connectivity index (χ4n) is 3.98. The number of amides is 1. The molecular formula is C23H32Cl2N2O5. The number of hydrogen-bond donors (Lipinski definition) is 2. The predicted octanol–water partition coefficient (Wildman–Crippen LogP) is 3.44. The number of nitrogens with two attached hydrogens (primary N) is 1. The van der Waals surface area contributed by atoms with Crippen molar-refractivity contribution in [3.8, 4) is 0 Å². The maximum atomic E-state index is 12.6. The number of hydrogen-bond acceptors (Lipinski definition) is 5. The second-order valence-electron chi connectivity index (χ2n) is 8.13. The van der Waals surface area contributed by atoms with E-state index in [2.05, 4.69) is 0 Å². The molecule has 0 saturated carbocycles. The zero-order valence-electron chi connectivity index (χ0n) is 18.2. The molecular weight excluding hydrogens is 455 g/mol. The molecule has 7 nitrogen and oxygen atoms in total. The van der Waals surface area contributed by atoms with E-state index in [1.165, 1.54) is 4.90 Å². The van der Waals surface area contributed by atoms with Crippen molar-refractivity contribution in [2.75, 3.05) is 24.9 Å². The first-order valence-electron chi connectivity index (χ1n) is 11.0. The molecule has 0 aliphatic carbocycles. The Kier molecular flexibility index (Phi) is 11.3. The molecule has 1 heterocycles. The summed E-state index contributed by atoms with van der Waals surface area (Å²) < 4.78 is 5.35. The summed E-state index contributed by atoms with van der Waals surface area (Å²) in [6.07, 6.45) is 4.85. The molecule has 0 spiro atoms. The van der Waals surface area contributed by atoms with Gasteiger partial charge in [-0.2, -0.15) is 0 Å². The number of carbonyl (C=O) groups is 3. The van der Waals surface area contributed by atoms with Crippen LogP contribution in [-0.4, -0.2) is 64.8 Å². The lowest BCUT2D eigenvalue weighted by atomic mass is 9.98. The lowest BCUT2D eigenvalue weighted by Gasteiger charge is -2.24. The zero-order chi connectivity index (χ0) is 23.5. The number of aliphatic carboxylic acids is 1. The Hall–Kier alpha value is -1.83. The molecule has 0 aromatic heterocycles. The zero-order valence-corrected chi connectivity index (χ0v) is 19.7. The number of likely N-dealkylation sites (tertiary alicyclic amines) is 1. The lowest BCUT2D eigenvalue weighted by molar-refractivity contribution is -0.148. The predicted molar refractivity (Wildman–Crippen MR) is 124 cm³/mol. The Labute approximate surface area is 199 Å². The number of benzene rings is 1. The van der Waals surface area contributed by atoms with Gasteiger partial charge in [0, 0.05) is 18.3 Å². The lowest BCUT2D eigenvalue weighted by Crippen LogP contribution is -2.49. The van der Waals surface area contributed by atoms with Crippen LogP contribution in [0.4, 0.5) is 0 Å². The highest BCUT2D eigenvalue weighted by molar-refractivity contribution is 6.18. The highest BCUT2D eigenvalue weighted by atomic mass is 35.5. The summed E-state index contributed by atoms with van der Waals surface area (Å²) in [5.74, 6) is -0.118. The first-order chi connectivity index (χ1) is 15.4. The molecule has 9 heteroatoms. The number of alkyl halides is 2. The molecule has 1 fully saturated rings. The van der Waals surface area contributed by atoms with Crippen molar-refractivity contribution in [3.63, 3.8) is 0 Å². The molecule has 2 atom stereocenters. The Bertz CT molecular complexity index is 753. The van der Waals surface area contributed by atoms with Crippen LogP contribution >= 0.6 is 23.2 Å². The van der Waals surface area contributed by atoms with Gasteiger partial charge in [0.05, 0.1) is 18.2 Å². The summed E-state index contributed by atoms with van der Waals surface area (Å²) in [6.45, 7) is 0.744. The van der Waals surface area contributed by atoms with E-state index >= 15 is 0 Å². The quantitative estimate of drug-likeness (QED) is 0.251. The van der Waals surface area contributed by atoms with Crippen molar-refractivity contribution < 1.29 is 24.2 Å². The first-order valence-corrected chi connectivity index (χ1v) is 12.1. The number of halogens is 2. The Morgan fingerprint density at radius 3 is 2.38 bits per heavy atom. The average molecular weight is 487 g/mol. The first kappa shape index (κ1) is 26.4. The summed E-state index contributed by atoms with van der Waals surface area (Å²) in [4.78, 5) is 37.5. The smallest absolute Gasteiger partial charge is 0.338 e. The fourth-order valence-corrected chi connectivity index (χ4v) is 4.60. The fraction of sp³-hybridized carbons (Fsp3) is 0.609. The normalized spacial score (nSPS) is 16.9. The number of esters is 1. The van der Waals surface area contributed by atoms with Crippen molar-refractivity contribution in [1.82, 2.24) is 4.90 Å². The summed E-state index contributed by atoms with van der Waals surface area (Å²) >= 11 is 11.6. The Morgan fingerprint density at radius 2 is 1.78 bits per heavy atom. The van der Waals surface area contributed by atoms with Crippen LogP contribution in [0.3, 0.4) is 0 Å². The minimum Gasteiger partial charge on any atom is -0.480 e. The highest BCUT2D eigenvalue weighted by Gasteiger charge is 2.36. The molecule has 3 N–H and O–H groups in total. The molecule has 1 amide bonds. The topological polar surface area (TPSA) is 110 Å². The Balaban J connectivity index is 1.80. The van der Waals surface area contributed by atoms with Gasteiger partial charge >= 0.3 is 11.9 Å². The van der Waals surface area contributed by atoms with E-state index in [0.29, 0.717) is 49.2 Å². The third-order valence-electron chi connectivity index (χ3n) is 5.81. The highest BCUT2D eigenvalue weighted by Crippen LogP contribution is 2.20. The second kappa shape index (κ2) is 13.7. The van der Waals surface area contributed by atoms with Crippen LogP contribution in [-0.2, 0) is 20.7 Å². The van der Waals surface area contributed by atoms with Crippen LogP contribution in [0.5, 0.6) is 0 Å². The van der Waals surface area contributed by atoms with Gasteiger partial charge in [-0.05, 0) is 68.6 Å². The van der Waals surface area contributed by atoms with Gasteiger partial charge in [-0.1, -0.05) is 12.1 Å². The molecule has 2 rings (SSSR count). The maximum absolute atomic E-state index is 12.6. The summed E-state index contributed by atoms with van der Waals surface area (Å²) in [6, 6.07) is 5.13. The number of nitrogens with zero attached hydrogens (tertiary/aromatic N) is 1. The summed E-state index contributed by atoms with van der Waals surface area (Å²) in [5.41, 5.74) is 7.26. The van der Waals surface area contributed by atoms with E-state index < -0.39 is 24.0 Å². The second-order valence-corrected chi connectivity index (χ2v) is 8.89. The summed E-state index contributed by atoms with van der Waals surface area (Å²) in [5, 5.41) is 9.25. The van der Waals surface area contributed by atoms with Crippen molar-refractivity contribution >= 4 is 41.0 Å². The monoisotopic (exact) mass is 486 g/mol. The number of carboxylic acid groups (broad SMARTS) is 1. The molecule has 0 bridgehead atoms. The van der Waals surface area contributed by atoms with Gasteiger partial charge in [0.2, 0.25) is 5.91 Å². The molecule has 1 saturated heterocycles. The van der Waals surface area contributed by atoms with E-state index in [4.69, 9.17) is 33.7 Å². The minimum absolute atomic E-state index is 0.263.